The standard InChI is InChI=1S/C33H38N6O/c1-5-30(32-35-36-37-39(32)17-15-26-11-7-6-8-12-26)38(16-14-27-13-9-10-23(2)19-27)22-29-21-28-20-24(3)18-25(4)31(28)34-33(29)40/h6-13,18-21,30H,5,14-17,22H2,1-4H3,(H,34,40)/t30-/m0/s1. The van der Waals surface area contributed by atoms with Gasteiger partial charge in [-0.25, -0.2) is 4.68 Å². The summed E-state index contributed by atoms with van der Waals surface area (Å²) in [5.41, 5.74) is 7.66. The highest BCUT2D eigenvalue weighted by Gasteiger charge is 2.26. The molecule has 40 heavy (non-hydrogen) atoms. The molecule has 0 bridgehead atoms. The number of nitrogens with zero attached hydrogens (tertiary/aromatic N) is 5. The molecule has 0 aliphatic heterocycles. The Kier molecular flexibility index (Phi) is 8.51. The topological polar surface area (TPSA) is 79.7 Å². The third kappa shape index (κ3) is 6.37. The maximum absolute atomic E-state index is 13.3. The summed E-state index contributed by atoms with van der Waals surface area (Å²) in [6.07, 6.45) is 2.54. The van der Waals surface area contributed by atoms with Crippen LogP contribution in [0.4, 0.5) is 0 Å². The van der Waals surface area contributed by atoms with Crippen LogP contribution in [0.5, 0.6) is 0 Å². The predicted molar refractivity (Wildman–Crippen MR) is 160 cm³/mol. The summed E-state index contributed by atoms with van der Waals surface area (Å²) in [6.45, 7) is 10.4. The Labute approximate surface area is 235 Å². The molecular weight excluding hydrogens is 496 g/mol. The van der Waals surface area contributed by atoms with Crippen LogP contribution in [0.3, 0.4) is 0 Å². The maximum atomic E-state index is 13.3. The van der Waals surface area contributed by atoms with Gasteiger partial charge < -0.3 is 4.98 Å². The second-order valence-electron chi connectivity index (χ2n) is 10.8. The Morgan fingerprint density at radius 2 is 1.70 bits per heavy atom. The van der Waals surface area contributed by atoms with Gasteiger partial charge in [0.15, 0.2) is 5.82 Å². The molecule has 0 radical (unpaired) electrons. The molecule has 7 nitrogen and oxygen atoms in total. The van der Waals surface area contributed by atoms with Crippen LogP contribution in [0.1, 0.15) is 58.6 Å². The minimum absolute atomic E-state index is 0.0371. The van der Waals surface area contributed by atoms with Crippen molar-refractivity contribution in [3.05, 3.63) is 122 Å². The van der Waals surface area contributed by atoms with Crippen molar-refractivity contribution in [2.75, 3.05) is 6.54 Å². The van der Waals surface area contributed by atoms with Gasteiger partial charge in [0.2, 0.25) is 0 Å². The molecule has 5 aromatic rings. The summed E-state index contributed by atoms with van der Waals surface area (Å²) in [6, 6.07) is 25.3. The van der Waals surface area contributed by atoms with E-state index in [1.807, 2.05) is 17.7 Å². The molecule has 1 N–H and O–H groups in total. The lowest BCUT2D eigenvalue weighted by Gasteiger charge is -2.30. The summed E-state index contributed by atoms with van der Waals surface area (Å²) >= 11 is 0. The molecule has 7 heteroatoms. The van der Waals surface area contributed by atoms with E-state index >= 15 is 0 Å². The third-order valence-electron chi connectivity index (χ3n) is 7.65. The molecule has 0 saturated carbocycles. The summed E-state index contributed by atoms with van der Waals surface area (Å²) in [5.74, 6) is 0.839. The predicted octanol–water partition coefficient (Wildman–Crippen LogP) is 5.88. The molecular formula is C33H38N6O. The molecule has 2 aromatic heterocycles. The van der Waals surface area contributed by atoms with Gasteiger partial charge in [-0.05, 0) is 84.7 Å². The number of pyridine rings is 1. The van der Waals surface area contributed by atoms with Crippen molar-refractivity contribution in [2.24, 2.45) is 0 Å². The van der Waals surface area contributed by atoms with Crippen LogP contribution >= 0.6 is 0 Å². The third-order valence-corrected chi connectivity index (χ3v) is 7.65. The number of fused-ring (bicyclic) bond motifs is 1. The fourth-order valence-corrected chi connectivity index (χ4v) is 5.65. The summed E-state index contributed by atoms with van der Waals surface area (Å²) in [4.78, 5) is 18.8. The Bertz CT molecular complexity index is 1640. The number of rotatable bonds is 11. The van der Waals surface area contributed by atoms with E-state index in [1.165, 1.54) is 22.3 Å². The summed E-state index contributed by atoms with van der Waals surface area (Å²) in [5, 5.41) is 14.0. The van der Waals surface area contributed by atoms with Crippen molar-refractivity contribution in [1.82, 2.24) is 30.1 Å². The highest BCUT2D eigenvalue weighted by molar-refractivity contribution is 5.82. The van der Waals surface area contributed by atoms with E-state index in [2.05, 4.69) is 113 Å². The molecule has 2 heterocycles. The zero-order valence-electron chi connectivity index (χ0n) is 23.9. The number of H-pyrrole nitrogens is 1. The second-order valence-corrected chi connectivity index (χ2v) is 10.8. The maximum Gasteiger partial charge on any atom is 0.252 e. The highest BCUT2D eigenvalue weighted by atomic mass is 16.1. The molecule has 0 saturated heterocycles. The minimum Gasteiger partial charge on any atom is -0.321 e. The van der Waals surface area contributed by atoms with Gasteiger partial charge in [0.1, 0.15) is 0 Å². The van der Waals surface area contributed by atoms with E-state index in [-0.39, 0.29) is 11.6 Å². The molecule has 0 aliphatic carbocycles. The van der Waals surface area contributed by atoms with Crippen LogP contribution in [-0.4, -0.2) is 36.6 Å². The second kappa shape index (κ2) is 12.4. The molecule has 0 aliphatic rings. The molecule has 5 rings (SSSR count). The smallest absolute Gasteiger partial charge is 0.252 e. The Balaban J connectivity index is 1.47. The first-order valence-corrected chi connectivity index (χ1v) is 14.1. The van der Waals surface area contributed by atoms with Crippen LogP contribution in [0.15, 0.2) is 77.6 Å². The number of benzene rings is 3. The average molecular weight is 535 g/mol. The number of hydrogen-bond donors (Lipinski definition) is 1. The molecule has 206 valence electrons. The number of hydrogen-bond acceptors (Lipinski definition) is 5. The Morgan fingerprint density at radius 1 is 0.900 bits per heavy atom. The monoisotopic (exact) mass is 534 g/mol. The molecule has 0 amide bonds. The number of aromatic amines is 1. The number of tetrazole rings is 1. The van der Waals surface area contributed by atoms with Crippen LogP contribution in [0, 0.1) is 20.8 Å². The normalized spacial score (nSPS) is 12.3. The van der Waals surface area contributed by atoms with E-state index in [0.717, 1.165) is 53.7 Å². The quantitative estimate of drug-likeness (QED) is 0.229. The molecule has 0 spiro atoms. The van der Waals surface area contributed by atoms with Crippen molar-refractivity contribution in [3.8, 4) is 0 Å². The van der Waals surface area contributed by atoms with Crippen LogP contribution < -0.4 is 5.56 Å². The summed E-state index contributed by atoms with van der Waals surface area (Å²) < 4.78 is 1.93. The van der Waals surface area contributed by atoms with Crippen LogP contribution in [-0.2, 0) is 25.9 Å². The number of nitrogens with one attached hydrogen (secondary N) is 1. The largest absolute Gasteiger partial charge is 0.321 e. The van der Waals surface area contributed by atoms with Gasteiger partial charge in [-0.15, -0.1) is 5.10 Å². The minimum atomic E-state index is -0.0430. The van der Waals surface area contributed by atoms with Gasteiger partial charge in [0, 0.05) is 25.2 Å². The van der Waals surface area contributed by atoms with Gasteiger partial charge in [0.05, 0.1) is 11.6 Å². The molecule has 3 aromatic carbocycles. The van der Waals surface area contributed by atoms with Crippen molar-refractivity contribution in [1.29, 1.82) is 0 Å². The van der Waals surface area contributed by atoms with Crippen LogP contribution in [0.25, 0.3) is 10.9 Å². The highest BCUT2D eigenvalue weighted by Crippen LogP contribution is 2.26. The van der Waals surface area contributed by atoms with E-state index in [9.17, 15) is 4.79 Å². The molecule has 0 fully saturated rings. The fraction of sp³-hybridized carbons (Fsp3) is 0.333. The van der Waals surface area contributed by atoms with Crippen molar-refractivity contribution in [2.45, 2.75) is 66.1 Å². The lowest BCUT2D eigenvalue weighted by Crippen LogP contribution is -2.34. The van der Waals surface area contributed by atoms with Crippen molar-refractivity contribution >= 4 is 10.9 Å². The van der Waals surface area contributed by atoms with E-state index in [0.29, 0.717) is 13.1 Å². The first-order valence-electron chi connectivity index (χ1n) is 14.1. The van der Waals surface area contributed by atoms with E-state index < -0.39 is 0 Å². The number of aromatic nitrogens is 5. The van der Waals surface area contributed by atoms with E-state index in [1.54, 1.807) is 0 Å². The first-order chi connectivity index (χ1) is 19.4. The SMILES string of the molecule is CC[C@@H](c1nnnn1CCc1ccccc1)N(CCc1cccc(C)c1)Cc1cc2cc(C)cc(C)c2[nH]c1=O. The van der Waals surface area contributed by atoms with Crippen molar-refractivity contribution < 1.29 is 0 Å². The first kappa shape index (κ1) is 27.5. The van der Waals surface area contributed by atoms with Gasteiger partial charge in [-0.1, -0.05) is 78.7 Å². The molecule has 0 unspecified atom stereocenters. The number of aryl methyl sites for hydroxylation is 5. The van der Waals surface area contributed by atoms with Gasteiger partial charge in [-0.2, -0.15) is 0 Å². The summed E-state index contributed by atoms with van der Waals surface area (Å²) in [7, 11) is 0. The van der Waals surface area contributed by atoms with E-state index in [4.69, 9.17) is 0 Å². The van der Waals surface area contributed by atoms with Crippen molar-refractivity contribution in [3.63, 3.8) is 0 Å². The van der Waals surface area contributed by atoms with Gasteiger partial charge >= 0.3 is 0 Å². The average Bonchev–Trinajstić information content (AvgIpc) is 3.40. The van der Waals surface area contributed by atoms with Gasteiger partial charge in [-0.3, -0.25) is 9.69 Å². The zero-order chi connectivity index (χ0) is 28.1. The lowest BCUT2D eigenvalue weighted by atomic mass is 10.0. The van der Waals surface area contributed by atoms with Gasteiger partial charge in [0.25, 0.3) is 5.56 Å². The lowest BCUT2D eigenvalue weighted by molar-refractivity contribution is 0.171. The Hall–Kier alpha value is -4.10. The van der Waals surface area contributed by atoms with Crippen LogP contribution in [0.2, 0.25) is 0 Å². The fourth-order valence-electron chi connectivity index (χ4n) is 5.65. The Morgan fingerprint density at radius 3 is 2.48 bits per heavy atom. The zero-order valence-corrected chi connectivity index (χ0v) is 23.9. The molecule has 1 atom stereocenters.